The van der Waals surface area contributed by atoms with Gasteiger partial charge in [0.05, 0.1) is 11.4 Å². The van der Waals surface area contributed by atoms with Crippen molar-refractivity contribution in [1.29, 1.82) is 0 Å². The maximum absolute atomic E-state index is 12.2. The number of hydrogen-bond acceptors (Lipinski definition) is 6. The van der Waals surface area contributed by atoms with Gasteiger partial charge in [0.25, 0.3) is 0 Å². The van der Waals surface area contributed by atoms with E-state index in [1.807, 2.05) is 53.9 Å². The van der Waals surface area contributed by atoms with Gasteiger partial charge in [0.15, 0.2) is 16.6 Å². The Hall–Kier alpha value is -2.51. The van der Waals surface area contributed by atoms with Crippen LogP contribution in [0.25, 0.3) is 11.3 Å². The number of anilines is 1. The van der Waals surface area contributed by atoms with Crippen molar-refractivity contribution in [2.45, 2.75) is 4.90 Å². The van der Waals surface area contributed by atoms with Gasteiger partial charge in [0.2, 0.25) is 5.91 Å². The zero-order chi connectivity index (χ0) is 17.8. The van der Waals surface area contributed by atoms with Gasteiger partial charge < -0.3 is 14.8 Å². The van der Waals surface area contributed by atoms with E-state index in [0.717, 1.165) is 27.7 Å². The first-order chi connectivity index (χ1) is 12.8. The Balaban J connectivity index is 1.34. The molecule has 0 radical (unpaired) electrons. The van der Waals surface area contributed by atoms with E-state index in [1.165, 1.54) is 23.1 Å². The number of ether oxygens (including phenoxy) is 2. The third-order valence-corrected chi connectivity index (χ3v) is 5.46. The summed E-state index contributed by atoms with van der Waals surface area (Å²) in [4.78, 5) is 17.6. The predicted molar refractivity (Wildman–Crippen MR) is 104 cm³/mol. The van der Waals surface area contributed by atoms with Gasteiger partial charge in [0.1, 0.15) is 13.2 Å². The number of nitrogens with one attached hydrogen (secondary N) is 1. The van der Waals surface area contributed by atoms with Crippen LogP contribution in [0.5, 0.6) is 11.5 Å². The first-order valence-electron chi connectivity index (χ1n) is 8.11. The van der Waals surface area contributed by atoms with E-state index >= 15 is 0 Å². The van der Waals surface area contributed by atoms with Crippen LogP contribution < -0.4 is 14.8 Å². The lowest BCUT2D eigenvalue weighted by molar-refractivity contribution is -0.113. The molecule has 0 aliphatic carbocycles. The number of carbonyl (C=O) groups is 1. The highest BCUT2D eigenvalue weighted by Gasteiger charge is 2.13. The van der Waals surface area contributed by atoms with Crippen LogP contribution in [0.1, 0.15) is 0 Å². The highest BCUT2D eigenvalue weighted by atomic mass is 32.2. The molecule has 1 aromatic heterocycles. The molecule has 1 aliphatic rings. The molecule has 2 heterocycles. The normalized spacial score (nSPS) is 12.6. The van der Waals surface area contributed by atoms with Crippen molar-refractivity contribution in [3.63, 3.8) is 0 Å². The van der Waals surface area contributed by atoms with Crippen LogP contribution in [0.3, 0.4) is 0 Å². The lowest BCUT2D eigenvalue weighted by atomic mass is 10.2. The fourth-order valence-corrected chi connectivity index (χ4v) is 3.95. The number of carbonyl (C=O) groups excluding carboxylic acids is 1. The molecule has 3 aromatic rings. The minimum absolute atomic E-state index is 0.0844. The monoisotopic (exact) mass is 384 g/mol. The summed E-state index contributed by atoms with van der Waals surface area (Å²) >= 11 is 2.88. The van der Waals surface area contributed by atoms with Gasteiger partial charge in [-0.15, -0.1) is 23.1 Å². The van der Waals surface area contributed by atoms with Crippen LogP contribution >= 0.6 is 23.1 Å². The molecule has 7 heteroatoms. The number of hydrogen-bond donors (Lipinski definition) is 1. The Kier molecular flexibility index (Phi) is 5.08. The molecule has 0 atom stereocenters. The number of thioether (sulfide) groups is 1. The molecule has 26 heavy (non-hydrogen) atoms. The molecule has 0 spiro atoms. The van der Waals surface area contributed by atoms with Gasteiger partial charge in [-0.1, -0.05) is 30.3 Å². The Labute approximate surface area is 159 Å². The van der Waals surface area contributed by atoms with Crippen molar-refractivity contribution in [3.05, 3.63) is 53.9 Å². The van der Waals surface area contributed by atoms with Crippen LogP contribution in [-0.2, 0) is 4.79 Å². The molecule has 0 unspecified atom stereocenters. The molecule has 0 bridgehead atoms. The second-order valence-electron chi connectivity index (χ2n) is 5.55. The predicted octanol–water partition coefficient (Wildman–Crippen LogP) is 4.31. The fraction of sp³-hybridized carbons (Fsp3) is 0.158. The molecule has 5 nitrogen and oxygen atoms in total. The zero-order valence-corrected chi connectivity index (χ0v) is 15.4. The number of fused-ring (bicyclic) bond motifs is 1. The van der Waals surface area contributed by atoms with E-state index in [0.29, 0.717) is 24.1 Å². The van der Waals surface area contributed by atoms with Crippen LogP contribution in [0.4, 0.5) is 5.13 Å². The van der Waals surface area contributed by atoms with Crippen molar-refractivity contribution < 1.29 is 14.3 Å². The molecule has 2 aromatic carbocycles. The Bertz CT molecular complexity index is 912. The van der Waals surface area contributed by atoms with E-state index in [9.17, 15) is 4.79 Å². The summed E-state index contributed by atoms with van der Waals surface area (Å²) in [6.07, 6.45) is 0. The molecule has 4 rings (SSSR count). The van der Waals surface area contributed by atoms with Crippen molar-refractivity contribution in [2.75, 3.05) is 24.3 Å². The van der Waals surface area contributed by atoms with Crippen LogP contribution in [-0.4, -0.2) is 29.9 Å². The largest absolute Gasteiger partial charge is 0.486 e. The molecule has 132 valence electrons. The zero-order valence-electron chi connectivity index (χ0n) is 13.8. The highest BCUT2D eigenvalue weighted by molar-refractivity contribution is 8.00. The maximum atomic E-state index is 12.2. The molecule has 1 amide bonds. The van der Waals surface area contributed by atoms with E-state index < -0.39 is 0 Å². The summed E-state index contributed by atoms with van der Waals surface area (Å²) in [6, 6.07) is 15.6. The number of benzene rings is 2. The van der Waals surface area contributed by atoms with Crippen molar-refractivity contribution >= 4 is 34.1 Å². The van der Waals surface area contributed by atoms with Gasteiger partial charge >= 0.3 is 0 Å². The van der Waals surface area contributed by atoms with E-state index in [1.54, 1.807) is 0 Å². The van der Waals surface area contributed by atoms with E-state index in [-0.39, 0.29) is 5.91 Å². The second-order valence-corrected chi connectivity index (χ2v) is 7.45. The van der Waals surface area contributed by atoms with E-state index in [2.05, 4.69) is 10.3 Å². The number of rotatable bonds is 5. The summed E-state index contributed by atoms with van der Waals surface area (Å²) in [5.41, 5.74) is 1.90. The maximum Gasteiger partial charge on any atom is 0.236 e. The summed E-state index contributed by atoms with van der Waals surface area (Å²) in [6.45, 7) is 1.12. The number of aromatic nitrogens is 1. The molecule has 1 N–H and O–H groups in total. The average molecular weight is 384 g/mol. The molecule has 0 saturated heterocycles. The van der Waals surface area contributed by atoms with Crippen molar-refractivity contribution in [3.8, 4) is 22.8 Å². The summed E-state index contributed by atoms with van der Waals surface area (Å²) < 4.78 is 11.1. The van der Waals surface area contributed by atoms with Crippen molar-refractivity contribution in [2.24, 2.45) is 0 Å². The minimum atomic E-state index is -0.0844. The molecular weight excluding hydrogens is 368 g/mol. The SMILES string of the molecule is O=C(CSc1ccc2c(c1)OCCO2)Nc1nc(-c2ccccc2)cs1. The van der Waals surface area contributed by atoms with Crippen molar-refractivity contribution in [1.82, 2.24) is 4.98 Å². The third kappa shape index (κ3) is 4.00. The average Bonchev–Trinajstić information content (AvgIpc) is 3.15. The van der Waals surface area contributed by atoms with Gasteiger partial charge in [0, 0.05) is 15.8 Å². The summed E-state index contributed by atoms with van der Waals surface area (Å²) in [7, 11) is 0. The lowest BCUT2D eigenvalue weighted by Crippen LogP contribution is -2.15. The van der Waals surface area contributed by atoms with Crippen LogP contribution in [0.15, 0.2) is 58.8 Å². The summed E-state index contributed by atoms with van der Waals surface area (Å²) in [5, 5.41) is 5.41. The van der Waals surface area contributed by atoms with Gasteiger partial charge in [-0.3, -0.25) is 4.79 Å². The quantitative estimate of drug-likeness (QED) is 0.664. The summed E-state index contributed by atoms with van der Waals surface area (Å²) in [5.74, 6) is 1.70. The van der Waals surface area contributed by atoms with Gasteiger partial charge in [-0.2, -0.15) is 0 Å². The number of nitrogens with zero attached hydrogens (tertiary/aromatic N) is 1. The van der Waals surface area contributed by atoms with E-state index in [4.69, 9.17) is 9.47 Å². The fourth-order valence-electron chi connectivity index (χ4n) is 2.49. The smallest absolute Gasteiger partial charge is 0.236 e. The molecule has 0 saturated carbocycles. The van der Waals surface area contributed by atoms with Crippen LogP contribution in [0, 0.1) is 0 Å². The first kappa shape index (κ1) is 16.9. The number of thiazole rings is 1. The van der Waals surface area contributed by atoms with Gasteiger partial charge in [-0.05, 0) is 18.2 Å². The molecule has 1 aliphatic heterocycles. The topological polar surface area (TPSA) is 60.5 Å². The minimum Gasteiger partial charge on any atom is -0.486 e. The third-order valence-electron chi connectivity index (χ3n) is 3.70. The highest BCUT2D eigenvalue weighted by Crippen LogP contribution is 2.34. The Morgan fingerprint density at radius 1 is 1.12 bits per heavy atom. The van der Waals surface area contributed by atoms with Crippen LogP contribution in [0.2, 0.25) is 0 Å². The second kappa shape index (κ2) is 7.80. The standard InChI is InChI=1S/C19H16N2O3S2/c22-18(12-25-14-6-7-16-17(10-14)24-9-8-23-16)21-19-20-15(11-26-19)13-4-2-1-3-5-13/h1-7,10-11H,8-9,12H2,(H,20,21,22). The van der Waals surface area contributed by atoms with Gasteiger partial charge in [-0.25, -0.2) is 4.98 Å². The molecule has 0 fully saturated rings. The number of amides is 1. The first-order valence-corrected chi connectivity index (χ1v) is 9.98. The Morgan fingerprint density at radius 3 is 2.77 bits per heavy atom. The molecular formula is C19H16N2O3S2. The Morgan fingerprint density at radius 2 is 1.92 bits per heavy atom. The lowest BCUT2D eigenvalue weighted by Gasteiger charge is -2.18.